The van der Waals surface area contributed by atoms with Crippen LogP contribution in [0.5, 0.6) is 11.5 Å². The van der Waals surface area contributed by atoms with E-state index >= 15 is 0 Å². The second-order valence-electron chi connectivity index (χ2n) is 9.28. The molecule has 1 aromatic heterocycles. The molecule has 190 valence electrons. The van der Waals surface area contributed by atoms with Gasteiger partial charge in [-0.05, 0) is 43.9 Å². The van der Waals surface area contributed by atoms with Crippen LogP contribution in [0.4, 0.5) is 15.9 Å². The first-order chi connectivity index (χ1) is 17.5. The molecule has 0 spiro atoms. The molecule has 0 bridgehead atoms. The summed E-state index contributed by atoms with van der Waals surface area (Å²) in [7, 11) is 3.29. The van der Waals surface area contributed by atoms with E-state index in [0.717, 1.165) is 38.8 Å². The maximum atomic E-state index is 14.5. The number of anilines is 2. The zero-order valence-corrected chi connectivity index (χ0v) is 21.0. The van der Waals surface area contributed by atoms with E-state index in [9.17, 15) is 9.18 Å². The number of carbonyl (C=O) groups excluding carboxylic acids is 1. The number of benzene rings is 2. The molecular formula is C26H29ClFN5O3. The van der Waals surface area contributed by atoms with Crippen molar-refractivity contribution in [2.24, 2.45) is 5.92 Å². The summed E-state index contributed by atoms with van der Waals surface area (Å²) in [6.45, 7) is 1.66. The zero-order valence-electron chi connectivity index (χ0n) is 20.3. The van der Waals surface area contributed by atoms with Gasteiger partial charge in [0.15, 0.2) is 17.3 Å². The van der Waals surface area contributed by atoms with Crippen molar-refractivity contribution in [3.63, 3.8) is 0 Å². The monoisotopic (exact) mass is 513 g/mol. The predicted molar refractivity (Wildman–Crippen MR) is 137 cm³/mol. The fourth-order valence-corrected chi connectivity index (χ4v) is 5.21. The summed E-state index contributed by atoms with van der Waals surface area (Å²) < 4.78 is 26.5. The number of hydrogen-bond acceptors (Lipinski definition) is 7. The number of fused-ring (bicyclic) bond motifs is 1. The number of amides is 1. The number of rotatable bonds is 7. The summed E-state index contributed by atoms with van der Waals surface area (Å²) in [5, 5.41) is 6.48. The zero-order chi connectivity index (χ0) is 25.2. The van der Waals surface area contributed by atoms with Gasteiger partial charge in [0.2, 0.25) is 5.91 Å². The molecule has 0 unspecified atom stereocenters. The van der Waals surface area contributed by atoms with Crippen molar-refractivity contribution in [2.45, 2.75) is 37.8 Å². The first-order valence-electron chi connectivity index (χ1n) is 12.1. The Balaban J connectivity index is 1.30. The first-order valence-corrected chi connectivity index (χ1v) is 12.5. The molecule has 8 nitrogen and oxygen atoms in total. The van der Waals surface area contributed by atoms with Crippen LogP contribution in [0.15, 0.2) is 36.7 Å². The Bertz CT molecular complexity index is 1260. The lowest BCUT2D eigenvalue weighted by Gasteiger charge is -2.45. The van der Waals surface area contributed by atoms with Gasteiger partial charge in [0.25, 0.3) is 0 Å². The Labute approximate surface area is 214 Å². The van der Waals surface area contributed by atoms with E-state index in [1.807, 2.05) is 6.07 Å². The number of halogens is 2. The van der Waals surface area contributed by atoms with Crippen LogP contribution >= 0.6 is 11.6 Å². The third kappa shape index (κ3) is 4.90. The average molecular weight is 514 g/mol. The van der Waals surface area contributed by atoms with E-state index in [4.69, 9.17) is 21.1 Å². The molecule has 0 atom stereocenters. The molecule has 1 amide bonds. The van der Waals surface area contributed by atoms with E-state index in [0.29, 0.717) is 34.3 Å². The maximum absolute atomic E-state index is 14.5. The van der Waals surface area contributed by atoms with Crippen molar-refractivity contribution in [1.82, 2.24) is 20.2 Å². The van der Waals surface area contributed by atoms with Gasteiger partial charge in [0, 0.05) is 37.6 Å². The second-order valence-corrected chi connectivity index (χ2v) is 9.69. The van der Waals surface area contributed by atoms with Gasteiger partial charge in [0.05, 0.1) is 35.4 Å². The summed E-state index contributed by atoms with van der Waals surface area (Å²) >= 11 is 5.94. The van der Waals surface area contributed by atoms with Crippen molar-refractivity contribution in [3.05, 3.63) is 47.5 Å². The highest BCUT2D eigenvalue weighted by atomic mass is 35.5. The summed E-state index contributed by atoms with van der Waals surface area (Å²) in [4.78, 5) is 22.9. The summed E-state index contributed by atoms with van der Waals surface area (Å²) in [6, 6.07) is 8.90. The SMILES string of the molecule is CNC(=O)C1CN(C2CCC(Oc3cc4c(Nc5cccc(Cl)c5F)ncnc4cc3OC)CC2)C1. The van der Waals surface area contributed by atoms with Crippen molar-refractivity contribution in [2.75, 3.05) is 32.6 Å². The number of nitrogens with one attached hydrogen (secondary N) is 2. The lowest BCUT2D eigenvalue weighted by Crippen LogP contribution is -2.57. The van der Waals surface area contributed by atoms with Gasteiger partial charge in [-0.3, -0.25) is 9.69 Å². The number of carbonyl (C=O) groups is 1. The van der Waals surface area contributed by atoms with Crippen molar-refractivity contribution < 1.29 is 18.7 Å². The van der Waals surface area contributed by atoms with E-state index < -0.39 is 5.82 Å². The normalized spacial score (nSPS) is 20.6. The van der Waals surface area contributed by atoms with E-state index in [1.54, 1.807) is 32.4 Å². The number of aromatic nitrogens is 2. The van der Waals surface area contributed by atoms with Crippen LogP contribution in [0.25, 0.3) is 10.9 Å². The van der Waals surface area contributed by atoms with Gasteiger partial charge in [0.1, 0.15) is 12.1 Å². The fourth-order valence-electron chi connectivity index (χ4n) is 5.03. The minimum atomic E-state index is -0.545. The number of ether oxygens (including phenoxy) is 2. The first kappa shape index (κ1) is 24.5. The third-order valence-corrected chi connectivity index (χ3v) is 7.40. The topological polar surface area (TPSA) is 88.6 Å². The van der Waals surface area contributed by atoms with Gasteiger partial charge in [-0.25, -0.2) is 14.4 Å². The lowest BCUT2D eigenvalue weighted by molar-refractivity contribution is -0.131. The summed E-state index contributed by atoms with van der Waals surface area (Å²) in [5.74, 6) is 1.32. The predicted octanol–water partition coefficient (Wildman–Crippen LogP) is 4.54. The molecule has 1 aliphatic carbocycles. The molecule has 2 aromatic carbocycles. The minimum Gasteiger partial charge on any atom is -0.493 e. The fraction of sp³-hybridized carbons (Fsp3) is 0.423. The molecule has 2 fully saturated rings. The maximum Gasteiger partial charge on any atom is 0.225 e. The Morgan fingerprint density at radius 1 is 1.14 bits per heavy atom. The molecule has 3 aromatic rings. The third-order valence-electron chi connectivity index (χ3n) is 7.11. The van der Waals surface area contributed by atoms with Crippen LogP contribution in [0.1, 0.15) is 25.7 Å². The van der Waals surface area contributed by atoms with E-state index in [1.165, 1.54) is 12.4 Å². The van der Waals surface area contributed by atoms with Crippen molar-refractivity contribution in [1.29, 1.82) is 0 Å². The highest BCUT2D eigenvalue weighted by Gasteiger charge is 2.38. The van der Waals surface area contributed by atoms with Crippen LogP contribution < -0.4 is 20.1 Å². The molecular weight excluding hydrogens is 485 g/mol. The largest absolute Gasteiger partial charge is 0.493 e. The van der Waals surface area contributed by atoms with E-state index in [-0.39, 0.29) is 28.6 Å². The highest BCUT2D eigenvalue weighted by Crippen LogP contribution is 2.38. The molecule has 1 saturated carbocycles. The molecule has 1 saturated heterocycles. The smallest absolute Gasteiger partial charge is 0.225 e. The number of likely N-dealkylation sites (tertiary alicyclic amines) is 1. The number of hydrogen-bond donors (Lipinski definition) is 2. The van der Waals surface area contributed by atoms with Crippen LogP contribution in [-0.2, 0) is 4.79 Å². The Kier molecular flexibility index (Phi) is 7.11. The molecule has 36 heavy (non-hydrogen) atoms. The Morgan fingerprint density at radius 3 is 2.64 bits per heavy atom. The Hall–Kier alpha value is -3.17. The molecule has 1 aliphatic heterocycles. The van der Waals surface area contributed by atoms with Crippen molar-refractivity contribution >= 4 is 39.9 Å². The standard InChI is InChI=1S/C26H29ClFN5O3/c1-29-26(34)15-12-33(13-15)16-6-8-17(9-7-16)36-23-10-18-21(11-22(23)35-2)30-14-31-25(18)32-20-5-3-4-19(27)24(20)28/h3-5,10-11,14-17H,6-9,12-13H2,1-2H3,(H,29,34)(H,30,31,32). The lowest BCUT2D eigenvalue weighted by atomic mass is 9.87. The van der Waals surface area contributed by atoms with Gasteiger partial charge in [-0.2, -0.15) is 0 Å². The van der Waals surface area contributed by atoms with Gasteiger partial charge in [-0.15, -0.1) is 0 Å². The van der Waals surface area contributed by atoms with Crippen LogP contribution in [-0.4, -0.2) is 60.2 Å². The molecule has 2 aliphatic rings. The summed E-state index contributed by atoms with van der Waals surface area (Å²) in [6.07, 6.45) is 5.33. The van der Waals surface area contributed by atoms with Crippen LogP contribution in [0, 0.1) is 11.7 Å². The molecule has 10 heteroatoms. The molecule has 2 N–H and O–H groups in total. The van der Waals surface area contributed by atoms with Crippen LogP contribution in [0.2, 0.25) is 5.02 Å². The average Bonchev–Trinajstić information content (AvgIpc) is 2.86. The highest BCUT2D eigenvalue weighted by molar-refractivity contribution is 6.31. The summed E-state index contributed by atoms with van der Waals surface area (Å²) in [5.41, 5.74) is 0.870. The van der Waals surface area contributed by atoms with Crippen LogP contribution in [0.3, 0.4) is 0 Å². The molecule has 0 radical (unpaired) electrons. The van der Waals surface area contributed by atoms with Gasteiger partial charge >= 0.3 is 0 Å². The van der Waals surface area contributed by atoms with Gasteiger partial charge in [-0.1, -0.05) is 17.7 Å². The molecule has 5 rings (SSSR count). The number of nitrogens with zero attached hydrogens (tertiary/aromatic N) is 3. The number of methoxy groups -OCH3 is 1. The van der Waals surface area contributed by atoms with E-state index in [2.05, 4.69) is 25.5 Å². The quantitative estimate of drug-likeness (QED) is 0.479. The molecule has 2 heterocycles. The van der Waals surface area contributed by atoms with Crippen molar-refractivity contribution in [3.8, 4) is 11.5 Å². The Morgan fingerprint density at radius 2 is 1.92 bits per heavy atom. The van der Waals surface area contributed by atoms with Gasteiger partial charge < -0.3 is 20.1 Å². The minimum absolute atomic E-state index is 0.0297. The second kappa shape index (κ2) is 10.4.